The molecule has 1 aromatic rings. The maximum absolute atomic E-state index is 11.5. The van der Waals surface area contributed by atoms with Gasteiger partial charge in [-0.1, -0.05) is 13.8 Å². The van der Waals surface area contributed by atoms with Gasteiger partial charge in [-0.05, 0) is 18.1 Å². The van der Waals surface area contributed by atoms with E-state index in [9.17, 15) is 9.90 Å². The van der Waals surface area contributed by atoms with E-state index in [4.69, 9.17) is 0 Å². The van der Waals surface area contributed by atoms with E-state index in [1.807, 2.05) is 0 Å². The number of hydrogen-bond donors (Lipinski definition) is 1. The first-order valence-corrected chi connectivity index (χ1v) is 4.25. The van der Waals surface area contributed by atoms with E-state index in [-0.39, 0.29) is 11.7 Å². The second kappa shape index (κ2) is 4.14. The molecule has 1 rings (SSSR count). The molecule has 1 unspecified atom stereocenters. The van der Waals surface area contributed by atoms with Crippen molar-refractivity contribution in [3.63, 3.8) is 0 Å². The predicted octanol–water partition coefficient (Wildman–Crippen LogP) is 1.28. The number of nitrogens with zero attached hydrogens (tertiary/aromatic N) is 1. The Bertz CT molecular complexity index is 282. The fourth-order valence-electron chi connectivity index (χ4n) is 0.982. The minimum atomic E-state index is -0.927. The van der Waals surface area contributed by atoms with Gasteiger partial charge < -0.3 is 5.11 Å². The summed E-state index contributed by atoms with van der Waals surface area (Å²) in [7, 11) is 0. The van der Waals surface area contributed by atoms with Gasteiger partial charge in [-0.3, -0.25) is 9.78 Å². The van der Waals surface area contributed by atoms with Crippen LogP contribution in [0.2, 0.25) is 0 Å². The predicted molar refractivity (Wildman–Crippen MR) is 49.4 cm³/mol. The van der Waals surface area contributed by atoms with Crippen molar-refractivity contribution >= 4 is 5.78 Å². The van der Waals surface area contributed by atoms with E-state index in [1.54, 1.807) is 32.2 Å². The first-order chi connectivity index (χ1) is 6.13. The lowest BCUT2D eigenvalue weighted by Gasteiger charge is -2.12. The van der Waals surface area contributed by atoms with Crippen molar-refractivity contribution in [1.29, 1.82) is 0 Å². The number of aliphatic hydroxyl groups excluding tert-OH is 1. The second-order valence-corrected chi connectivity index (χ2v) is 3.29. The van der Waals surface area contributed by atoms with Crippen molar-refractivity contribution in [2.75, 3.05) is 0 Å². The highest BCUT2D eigenvalue weighted by Gasteiger charge is 2.19. The van der Waals surface area contributed by atoms with Gasteiger partial charge in [0.2, 0.25) is 0 Å². The molecule has 1 aromatic heterocycles. The number of aliphatic hydroxyl groups is 1. The van der Waals surface area contributed by atoms with E-state index < -0.39 is 6.10 Å². The van der Waals surface area contributed by atoms with Crippen LogP contribution in [-0.2, 0) is 0 Å². The van der Waals surface area contributed by atoms with Crippen LogP contribution in [0.15, 0.2) is 24.5 Å². The summed E-state index contributed by atoms with van der Waals surface area (Å²) >= 11 is 0. The minimum Gasteiger partial charge on any atom is -0.385 e. The highest BCUT2D eigenvalue weighted by molar-refractivity contribution is 5.99. The van der Waals surface area contributed by atoms with Crippen LogP contribution in [0.4, 0.5) is 0 Å². The van der Waals surface area contributed by atoms with Crippen LogP contribution in [0, 0.1) is 5.92 Å². The Morgan fingerprint density at radius 3 is 2.69 bits per heavy atom. The lowest BCUT2D eigenvalue weighted by atomic mass is 9.99. The summed E-state index contributed by atoms with van der Waals surface area (Å²) < 4.78 is 0. The van der Waals surface area contributed by atoms with Crippen molar-refractivity contribution in [2.24, 2.45) is 5.92 Å². The van der Waals surface area contributed by atoms with Crippen molar-refractivity contribution < 1.29 is 9.90 Å². The van der Waals surface area contributed by atoms with Crippen molar-refractivity contribution in [3.8, 4) is 0 Å². The summed E-state index contributed by atoms with van der Waals surface area (Å²) in [5.74, 6) is -0.323. The Hall–Kier alpha value is -1.22. The molecule has 1 N–H and O–H groups in total. The number of carbonyl (C=O) groups excluding carboxylic acids is 1. The molecule has 0 aliphatic rings. The van der Waals surface area contributed by atoms with E-state index in [0.29, 0.717) is 5.56 Å². The van der Waals surface area contributed by atoms with Gasteiger partial charge in [-0.2, -0.15) is 0 Å². The molecule has 0 saturated heterocycles. The molecule has 0 amide bonds. The summed E-state index contributed by atoms with van der Waals surface area (Å²) in [5, 5.41) is 9.47. The number of rotatable bonds is 3. The highest BCUT2D eigenvalue weighted by atomic mass is 16.3. The first kappa shape index (κ1) is 9.86. The Balaban J connectivity index is 2.80. The molecule has 1 heterocycles. The topological polar surface area (TPSA) is 50.2 Å². The fraction of sp³-hybridized carbons (Fsp3) is 0.400. The molecule has 0 saturated carbocycles. The molecule has 3 nitrogen and oxygen atoms in total. The zero-order valence-electron chi connectivity index (χ0n) is 7.77. The number of hydrogen-bond acceptors (Lipinski definition) is 3. The molecule has 3 heteroatoms. The summed E-state index contributed by atoms with van der Waals surface area (Å²) in [6.07, 6.45) is 2.14. The normalized spacial score (nSPS) is 12.9. The molecule has 0 bridgehead atoms. The Labute approximate surface area is 77.4 Å². The highest BCUT2D eigenvalue weighted by Crippen LogP contribution is 2.08. The number of pyridine rings is 1. The van der Waals surface area contributed by atoms with Gasteiger partial charge in [0.05, 0.1) is 0 Å². The summed E-state index contributed by atoms with van der Waals surface area (Å²) in [6, 6.07) is 3.33. The van der Waals surface area contributed by atoms with Crippen LogP contribution in [-0.4, -0.2) is 22.0 Å². The standard InChI is InChI=1S/C10H13NO2/c1-7(2)9(12)10(13)8-4-3-5-11-6-8/h3-7,9,12H,1-2H3. The third kappa shape index (κ3) is 2.36. The molecular weight excluding hydrogens is 166 g/mol. The lowest BCUT2D eigenvalue weighted by Crippen LogP contribution is -2.26. The summed E-state index contributed by atoms with van der Waals surface area (Å²) in [5.41, 5.74) is 0.462. The fourth-order valence-corrected chi connectivity index (χ4v) is 0.982. The van der Waals surface area contributed by atoms with Crippen LogP contribution >= 0.6 is 0 Å². The number of aromatic nitrogens is 1. The number of ketones is 1. The summed E-state index contributed by atoms with van der Waals surface area (Å²) in [4.78, 5) is 15.3. The van der Waals surface area contributed by atoms with E-state index in [0.717, 1.165) is 0 Å². The Morgan fingerprint density at radius 1 is 1.54 bits per heavy atom. The average molecular weight is 179 g/mol. The van der Waals surface area contributed by atoms with Gasteiger partial charge in [-0.25, -0.2) is 0 Å². The van der Waals surface area contributed by atoms with Crippen LogP contribution < -0.4 is 0 Å². The first-order valence-electron chi connectivity index (χ1n) is 4.25. The minimum absolute atomic E-state index is 0.0623. The van der Waals surface area contributed by atoms with Crippen molar-refractivity contribution in [2.45, 2.75) is 20.0 Å². The van der Waals surface area contributed by atoms with Crippen LogP contribution in [0.1, 0.15) is 24.2 Å². The van der Waals surface area contributed by atoms with Crippen molar-refractivity contribution in [3.05, 3.63) is 30.1 Å². The van der Waals surface area contributed by atoms with Crippen LogP contribution in [0.5, 0.6) is 0 Å². The Kier molecular flexibility index (Phi) is 3.14. The average Bonchev–Trinajstić information content (AvgIpc) is 2.17. The molecule has 0 aliphatic carbocycles. The molecule has 0 aliphatic heterocycles. The molecule has 0 spiro atoms. The molecule has 0 fully saturated rings. The SMILES string of the molecule is CC(C)C(O)C(=O)c1cccnc1. The van der Waals surface area contributed by atoms with Gasteiger partial charge >= 0.3 is 0 Å². The second-order valence-electron chi connectivity index (χ2n) is 3.29. The van der Waals surface area contributed by atoms with Crippen LogP contribution in [0.3, 0.4) is 0 Å². The third-order valence-electron chi connectivity index (χ3n) is 1.85. The number of carbonyl (C=O) groups is 1. The smallest absolute Gasteiger partial charge is 0.193 e. The molecule has 0 radical (unpaired) electrons. The van der Waals surface area contributed by atoms with Gasteiger partial charge in [0, 0.05) is 18.0 Å². The van der Waals surface area contributed by atoms with E-state index in [2.05, 4.69) is 4.98 Å². The largest absolute Gasteiger partial charge is 0.385 e. The van der Waals surface area contributed by atoms with Gasteiger partial charge in [0.25, 0.3) is 0 Å². The van der Waals surface area contributed by atoms with Crippen molar-refractivity contribution in [1.82, 2.24) is 4.98 Å². The zero-order valence-corrected chi connectivity index (χ0v) is 7.77. The van der Waals surface area contributed by atoms with E-state index in [1.165, 1.54) is 6.20 Å². The number of Topliss-reactive ketones (excluding diaryl/α,β-unsaturated/α-hetero) is 1. The maximum atomic E-state index is 11.5. The summed E-state index contributed by atoms with van der Waals surface area (Å²) in [6.45, 7) is 3.61. The lowest BCUT2D eigenvalue weighted by molar-refractivity contribution is 0.0647. The quantitative estimate of drug-likeness (QED) is 0.711. The zero-order chi connectivity index (χ0) is 9.84. The van der Waals surface area contributed by atoms with Gasteiger partial charge in [0.1, 0.15) is 6.10 Å². The molecule has 13 heavy (non-hydrogen) atoms. The van der Waals surface area contributed by atoms with Gasteiger partial charge in [-0.15, -0.1) is 0 Å². The third-order valence-corrected chi connectivity index (χ3v) is 1.85. The van der Waals surface area contributed by atoms with Gasteiger partial charge in [0.15, 0.2) is 5.78 Å². The maximum Gasteiger partial charge on any atom is 0.193 e. The molecular formula is C10H13NO2. The molecule has 1 atom stereocenters. The molecule has 0 aromatic carbocycles. The van der Waals surface area contributed by atoms with Crippen LogP contribution in [0.25, 0.3) is 0 Å². The van der Waals surface area contributed by atoms with E-state index >= 15 is 0 Å². The monoisotopic (exact) mass is 179 g/mol. The Morgan fingerprint density at radius 2 is 2.23 bits per heavy atom. The molecule has 70 valence electrons.